The number of carbonyl (C=O) groups excluding carboxylic acids is 1. The van der Waals surface area contributed by atoms with Crippen molar-refractivity contribution in [2.75, 3.05) is 14.2 Å². The van der Waals surface area contributed by atoms with Gasteiger partial charge < -0.3 is 18.9 Å². The SMILES string of the molecule is COc1ccc(CN(C)C(=O)c2ccccc2SCc2nc(C)no2)cc1OC(F)F. The summed E-state index contributed by atoms with van der Waals surface area (Å²) < 4.78 is 40.0. The third kappa shape index (κ3) is 5.94. The van der Waals surface area contributed by atoms with Crippen molar-refractivity contribution in [1.29, 1.82) is 0 Å². The predicted molar refractivity (Wildman–Crippen MR) is 110 cm³/mol. The van der Waals surface area contributed by atoms with Crippen molar-refractivity contribution >= 4 is 17.7 Å². The fourth-order valence-electron chi connectivity index (χ4n) is 2.87. The third-order valence-electron chi connectivity index (χ3n) is 4.25. The number of amides is 1. The molecule has 31 heavy (non-hydrogen) atoms. The molecule has 0 aliphatic heterocycles. The Morgan fingerprint density at radius 3 is 2.68 bits per heavy atom. The maximum Gasteiger partial charge on any atom is 0.387 e. The molecule has 0 saturated carbocycles. The van der Waals surface area contributed by atoms with Gasteiger partial charge in [-0.2, -0.15) is 13.8 Å². The Balaban J connectivity index is 1.73. The van der Waals surface area contributed by atoms with Crippen LogP contribution in [0.3, 0.4) is 0 Å². The van der Waals surface area contributed by atoms with Crippen LogP contribution in [0.15, 0.2) is 51.9 Å². The number of ether oxygens (including phenoxy) is 2. The van der Waals surface area contributed by atoms with Crippen molar-refractivity contribution in [2.45, 2.75) is 30.7 Å². The minimum atomic E-state index is -2.98. The summed E-state index contributed by atoms with van der Waals surface area (Å²) in [6.45, 7) is -1.04. The molecule has 0 atom stereocenters. The number of thioether (sulfide) groups is 1. The van der Waals surface area contributed by atoms with Gasteiger partial charge in [-0.3, -0.25) is 4.79 Å². The van der Waals surface area contributed by atoms with E-state index in [1.54, 1.807) is 32.2 Å². The molecule has 0 spiro atoms. The molecule has 3 aromatic rings. The van der Waals surface area contributed by atoms with Crippen LogP contribution in [0.2, 0.25) is 0 Å². The van der Waals surface area contributed by atoms with Gasteiger partial charge in [-0.05, 0) is 36.8 Å². The smallest absolute Gasteiger partial charge is 0.387 e. The lowest BCUT2D eigenvalue weighted by molar-refractivity contribution is -0.0512. The largest absolute Gasteiger partial charge is 0.493 e. The van der Waals surface area contributed by atoms with E-state index in [4.69, 9.17) is 9.26 Å². The topological polar surface area (TPSA) is 77.7 Å². The molecule has 10 heteroatoms. The summed E-state index contributed by atoms with van der Waals surface area (Å²) >= 11 is 1.42. The van der Waals surface area contributed by atoms with Crippen molar-refractivity contribution in [2.24, 2.45) is 0 Å². The van der Waals surface area contributed by atoms with E-state index < -0.39 is 6.61 Å². The lowest BCUT2D eigenvalue weighted by atomic mass is 10.1. The normalized spacial score (nSPS) is 10.9. The van der Waals surface area contributed by atoms with Crippen LogP contribution in [-0.4, -0.2) is 41.7 Å². The summed E-state index contributed by atoms with van der Waals surface area (Å²) in [5, 5.41) is 3.76. The van der Waals surface area contributed by atoms with Crippen molar-refractivity contribution in [3.63, 3.8) is 0 Å². The average molecular weight is 449 g/mol. The molecule has 0 bridgehead atoms. The summed E-state index contributed by atoms with van der Waals surface area (Å²) in [4.78, 5) is 19.5. The number of rotatable bonds is 9. The molecule has 0 saturated heterocycles. The lowest BCUT2D eigenvalue weighted by Crippen LogP contribution is -2.26. The molecule has 0 radical (unpaired) electrons. The van der Waals surface area contributed by atoms with E-state index in [9.17, 15) is 13.6 Å². The Morgan fingerprint density at radius 1 is 1.23 bits per heavy atom. The first-order chi connectivity index (χ1) is 14.9. The highest BCUT2D eigenvalue weighted by Gasteiger charge is 2.18. The molecule has 2 aromatic carbocycles. The van der Waals surface area contributed by atoms with E-state index in [0.29, 0.717) is 28.6 Å². The molecule has 164 valence electrons. The molecule has 0 N–H and O–H groups in total. The molecule has 0 aliphatic carbocycles. The summed E-state index contributed by atoms with van der Waals surface area (Å²) in [6, 6.07) is 11.9. The fourth-order valence-corrected chi connectivity index (χ4v) is 3.75. The van der Waals surface area contributed by atoms with Crippen LogP contribution in [0.25, 0.3) is 0 Å². The zero-order valence-electron chi connectivity index (χ0n) is 17.2. The van der Waals surface area contributed by atoms with E-state index in [1.807, 2.05) is 12.1 Å². The second-order valence-electron chi connectivity index (χ2n) is 6.55. The maximum atomic E-state index is 13.1. The van der Waals surface area contributed by atoms with Gasteiger partial charge in [-0.15, -0.1) is 11.8 Å². The number of aromatic nitrogens is 2. The van der Waals surface area contributed by atoms with Gasteiger partial charge in [0.2, 0.25) is 5.89 Å². The molecule has 1 heterocycles. The van der Waals surface area contributed by atoms with Gasteiger partial charge in [0.05, 0.1) is 18.4 Å². The molecule has 1 aromatic heterocycles. The highest BCUT2D eigenvalue weighted by atomic mass is 32.2. The van der Waals surface area contributed by atoms with Crippen LogP contribution in [0, 0.1) is 6.92 Å². The van der Waals surface area contributed by atoms with E-state index in [-0.39, 0.29) is 24.0 Å². The summed E-state index contributed by atoms with van der Waals surface area (Å²) in [6.07, 6.45) is 0. The van der Waals surface area contributed by atoms with Crippen molar-refractivity contribution < 1.29 is 27.6 Å². The van der Waals surface area contributed by atoms with E-state index >= 15 is 0 Å². The van der Waals surface area contributed by atoms with Gasteiger partial charge in [0.15, 0.2) is 17.3 Å². The summed E-state index contributed by atoms with van der Waals surface area (Å²) in [5.41, 5.74) is 1.14. The quantitative estimate of drug-likeness (QED) is 0.444. The van der Waals surface area contributed by atoms with Crippen LogP contribution < -0.4 is 9.47 Å². The van der Waals surface area contributed by atoms with Crippen LogP contribution in [0.5, 0.6) is 11.5 Å². The van der Waals surface area contributed by atoms with Crippen molar-refractivity contribution in [1.82, 2.24) is 15.0 Å². The van der Waals surface area contributed by atoms with Gasteiger partial charge >= 0.3 is 6.61 Å². The van der Waals surface area contributed by atoms with E-state index in [1.165, 1.54) is 35.9 Å². The number of benzene rings is 2. The predicted octanol–water partition coefficient (Wildman–Crippen LogP) is 4.55. The lowest BCUT2D eigenvalue weighted by Gasteiger charge is -2.20. The zero-order valence-corrected chi connectivity index (χ0v) is 18.0. The first-order valence-corrected chi connectivity index (χ1v) is 10.2. The number of alkyl halides is 2. The van der Waals surface area contributed by atoms with Crippen LogP contribution >= 0.6 is 11.8 Å². The molecule has 0 fully saturated rings. The molecule has 1 amide bonds. The Labute approximate surface area is 182 Å². The number of halogens is 2. The molecule has 3 rings (SSSR count). The van der Waals surface area contributed by atoms with Gasteiger partial charge in [0, 0.05) is 18.5 Å². The third-order valence-corrected chi connectivity index (χ3v) is 5.31. The van der Waals surface area contributed by atoms with Gasteiger partial charge in [-0.25, -0.2) is 0 Å². The number of methoxy groups -OCH3 is 1. The van der Waals surface area contributed by atoms with E-state index in [0.717, 1.165) is 4.90 Å². The second kappa shape index (κ2) is 10.3. The highest BCUT2D eigenvalue weighted by molar-refractivity contribution is 7.98. The molecular weight excluding hydrogens is 428 g/mol. The Kier molecular flexibility index (Phi) is 7.45. The Bertz CT molecular complexity index is 1040. The average Bonchev–Trinajstić information content (AvgIpc) is 3.17. The Hall–Kier alpha value is -3.14. The first kappa shape index (κ1) is 22.5. The minimum absolute atomic E-state index is 0.0818. The number of carbonyl (C=O) groups is 1. The molecule has 7 nitrogen and oxygen atoms in total. The number of aryl methyl sites for hydroxylation is 1. The number of hydrogen-bond donors (Lipinski definition) is 0. The minimum Gasteiger partial charge on any atom is -0.493 e. The standard InChI is InChI=1S/C21H21F2N3O4S/c1-13-24-19(30-25-13)12-31-18-7-5-4-6-15(18)20(27)26(2)11-14-8-9-16(28-3)17(10-14)29-21(22)23/h4-10,21H,11-12H2,1-3H3. The summed E-state index contributed by atoms with van der Waals surface area (Å²) in [7, 11) is 3.01. The molecular formula is C21H21F2N3O4S. The van der Waals surface area contributed by atoms with Gasteiger partial charge in [0.1, 0.15) is 0 Å². The zero-order chi connectivity index (χ0) is 22.4. The van der Waals surface area contributed by atoms with Crippen molar-refractivity contribution in [3.8, 4) is 11.5 Å². The number of hydrogen-bond acceptors (Lipinski definition) is 7. The number of nitrogens with zero attached hydrogens (tertiary/aromatic N) is 3. The molecule has 0 aliphatic rings. The van der Waals surface area contributed by atoms with Gasteiger partial charge in [-0.1, -0.05) is 23.4 Å². The maximum absolute atomic E-state index is 13.1. The fraction of sp³-hybridized carbons (Fsp3) is 0.286. The monoisotopic (exact) mass is 449 g/mol. The van der Waals surface area contributed by atoms with Crippen LogP contribution in [-0.2, 0) is 12.3 Å². The van der Waals surface area contributed by atoms with Crippen molar-refractivity contribution in [3.05, 3.63) is 65.3 Å². The highest BCUT2D eigenvalue weighted by Crippen LogP contribution is 2.31. The van der Waals surface area contributed by atoms with Crippen LogP contribution in [0.1, 0.15) is 27.6 Å². The Morgan fingerprint density at radius 2 is 2.00 bits per heavy atom. The van der Waals surface area contributed by atoms with E-state index in [2.05, 4.69) is 14.9 Å². The van der Waals surface area contributed by atoms with Crippen LogP contribution in [0.4, 0.5) is 8.78 Å². The summed E-state index contributed by atoms with van der Waals surface area (Å²) in [5.74, 6) is 1.36. The second-order valence-corrected chi connectivity index (χ2v) is 7.56. The first-order valence-electron chi connectivity index (χ1n) is 9.25. The molecule has 0 unspecified atom stereocenters. The van der Waals surface area contributed by atoms with Gasteiger partial charge in [0.25, 0.3) is 5.91 Å².